The minimum atomic E-state index is -0.581. The van der Waals surface area contributed by atoms with Gasteiger partial charge in [-0.2, -0.15) is 0 Å². The molecule has 1 aromatic rings. The summed E-state index contributed by atoms with van der Waals surface area (Å²) in [6.45, 7) is 6.94. The van der Waals surface area contributed by atoms with E-state index in [0.29, 0.717) is 11.4 Å². The van der Waals surface area contributed by atoms with E-state index in [1.165, 1.54) is 0 Å². The third-order valence-electron chi connectivity index (χ3n) is 4.24. The number of ether oxygens (including phenoxy) is 1. The van der Waals surface area contributed by atoms with E-state index in [0.717, 1.165) is 37.9 Å². The molecule has 25 heavy (non-hydrogen) atoms. The Hall–Kier alpha value is -2.30. The highest BCUT2D eigenvalue weighted by Gasteiger charge is 2.27. The van der Waals surface area contributed by atoms with E-state index in [2.05, 4.69) is 5.32 Å². The fourth-order valence-electron chi connectivity index (χ4n) is 2.67. The highest BCUT2D eigenvalue weighted by Crippen LogP contribution is 2.22. The second-order valence-electron chi connectivity index (χ2n) is 7.36. The lowest BCUT2D eigenvalue weighted by atomic mass is 9.95. The number of carbonyl (C=O) groups is 2. The topological polar surface area (TPSA) is 58.6 Å². The normalized spacial score (nSPS) is 15.7. The molecule has 1 fully saturated rings. The number of hydrogen-bond acceptors (Lipinski definition) is 3. The maximum absolute atomic E-state index is 13.0. The first-order valence-electron chi connectivity index (χ1n) is 8.78. The Labute approximate surface area is 150 Å². The minimum Gasteiger partial charge on any atom is -0.496 e. The average Bonchev–Trinajstić information content (AvgIpc) is 2.60. The molecule has 5 heteroatoms. The molecule has 1 aromatic carbocycles. The number of carbonyl (C=O) groups excluding carboxylic acids is 2. The van der Waals surface area contributed by atoms with Crippen molar-refractivity contribution in [2.75, 3.05) is 20.2 Å². The molecule has 0 spiro atoms. The molecule has 0 radical (unpaired) electrons. The number of nitrogens with zero attached hydrogens (tertiary/aromatic N) is 1. The monoisotopic (exact) mass is 344 g/mol. The highest BCUT2D eigenvalue weighted by molar-refractivity contribution is 6.02. The van der Waals surface area contributed by atoms with Gasteiger partial charge in [-0.25, -0.2) is 0 Å². The van der Waals surface area contributed by atoms with Crippen LogP contribution in [0.1, 0.15) is 45.6 Å². The molecule has 2 amide bonds. The van der Waals surface area contributed by atoms with Gasteiger partial charge in [0, 0.05) is 24.1 Å². The van der Waals surface area contributed by atoms with Crippen LogP contribution in [0.15, 0.2) is 30.0 Å². The molecule has 1 N–H and O–H groups in total. The molecule has 0 bridgehead atoms. The lowest BCUT2D eigenvalue weighted by molar-refractivity contribution is -0.132. The van der Waals surface area contributed by atoms with Crippen LogP contribution in [0.5, 0.6) is 5.75 Å². The van der Waals surface area contributed by atoms with Crippen LogP contribution in [-0.2, 0) is 9.59 Å². The molecule has 1 heterocycles. The predicted molar refractivity (Wildman–Crippen MR) is 99.0 cm³/mol. The second-order valence-corrected chi connectivity index (χ2v) is 7.36. The van der Waals surface area contributed by atoms with Crippen LogP contribution in [0.3, 0.4) is 0 Å². The van der Waals surface area contributed by atoms with Crippen molar-refractivity contribution in [3.8, 4) is 5.75 Å². The third-order valence-corrected chi connectivity index (χ3v) is 4.24. The van der Waals surface area contributed by atoms with Crippen LogP contribution in [0.4, 0.5) is 0 Å². The van der Waals surface area contributed by atoms with E-state index >= 15 is 0 Å². The van der Waals surface area contributed by atoms with Crippen LogP contribution >= 0.6 is 0 Å². The summed E-state index contributed by atoms with van der Waals surface area (Å²) in [7, 11) is 1.59. The van der Waals surface area contributed by atoms with Crippen LogP contribution < -0.4 is 10.1 Å². The van der Waals surface area contributed by atoms with E-state index in [-0.39, 0.29) is 11.8 Å². The first-order chi connectivity index (χ1) is 11.8. The molecule has 0 unspecified atom stereocenters. The SMILES string of the molecule is COc1ccccc1/C=C(\NC(=O)C(C)(C)C)C(=O)N1CCCCC1. The number of rotatable bonds is 4. The standard InChI is InChI=1S/C20H28N2O3/c1-20(2,3)19(24)21-16(18(23)22-12-8-5-9-13-22)14-15-10-6-7-11-17(15)25-4/h6-7,10-11,14H,5,8-9,12-13H2,1-4H3,(H,21,24)/b16-14-. The second kappa shape index (κ2) is 8.19. The van der Waals surface area contributed by atoms with E-state index in [4.69, 9.17) is 4.74 Å². The van der Waals surface area contributed by atoms with Gasteiger partial charge in [-0.15, -0.1) is 0 Å². The van der Waals surface area contributed by atoms with Gasteiger partial charge in [-0.3, -0.25) is 9.59 Å². The Balaban J connectivity index is 2.35. The maximum atomic E-state index is 13.0. The Kier molecular flexibility index (Phi) is 6.23. The Morgan fingerprint density at radius 3 is 2.36 bits per heavy atom. The number of likely N-dealkylation sites (tertiary alicyclic amines) is 1. The van der Waals surface area contributed by atoms with Crippen LogP contribution in [0, 0.1) is 5.41 Å². The zero-order chi connectivity index (χ0) is 18.4. The molecule has 5 nitrogen and oxygen atoms in total. The molecule has 0 aliphatic carbocycles. The van der Waals surface area contributed by atoms with E-state index in [1.807, 2.05) is 49.9 Å². The van der Waals surface area contributed by atoms with Gasteiger partial charge < -0.3 is 15.0 Å². The van der Waals surface area contributed by atoms with Crippen LogP contribution in [-0.4, -0.2) is 36.9 Å². The van der Waals surface area contributed by atoms with Gasteiger partial charge >= 0.3 is 0 Å². The lowest BCUT2D eigenvalue weighted by Gasteiger charge is -2.28. The lowest BCUT2D eigenvalue weighted by Crippen LogP contribution is -2.43. The molecule has 136 valence electrons. The predicted octanol–water partition coefficient (Wildman–Crippen LogP) is 3.21. The third kappa shape index (κ3) is 5.08. The summed E-state index contributed by atoms with van der Waals surface area (Å²) in [4.78, 5) is 27.2. The largest absolute Gasteiger partial charge is 0.496 e. The number of nitrogens with one attached hydrogen (secondary N) is 1. The van der Waals surface area contributed by atoms with Gasteiger partial charge in [0.05, 0.1) is 7.11 Å². The van der Waals surface area contributed by atoms with Gasteiger partial charge in [-0.05, 0) is 31.4 Å². The number of para-hydroxylation sites is 1. The minimum absolute atomic E-state index is 0.136. The zero-order valence-electron chi connectivity index (χ0n) is 15.6. The molecule has 1 aliphatic heterocycles. The summed E-state index contributed by atoms with van der Waals surface area (Å²) in [5.74, 6) is 0.346. The quantitative estimate of drug-likeness (QED) is 0.853. The number of piperidine rings is 1. The van der Waals surface area contributed by atoms with Crippen molar-refractivity contribution in [2.45, 2.75) is 40.0 Å². The number of amides is 2. The van der Waals surface area contributed by atoms with Crippen molar-refractivity contribution < 1.29 is 14.3 Å². The summed E-state index contributed by atoms with van der Waals surface area (Å²) >= 11 is 0. The smallest absolute Gasteiger partial charge is 0.270 e. The van der Waals surface area contributed by atoms with Gasteiger partial charge in [0.1, 0.15) is 11.4 Å². The average molecular weight is 344 g/mol. The summed E-state index contributed by atoms with van der Waals surface area (Å²) in [5, 5.41) is 2.83. The summed E-state index contributed by atoms with van der Waals surface area (Å²) in [5.41, 5.74) is 0.480. The fraction of sp³-hybridized carbons (Fsp3) is 0.500. The molecule has 1 aliphatic rings. The molecule has 0 atom stereocenters. The van der Waals surface area contributed by atoms with E-state index < -0.39 is 5.41 Å². The highest BCUT2D eigenvalue weighted by atomic mass is 16.5. The van der Waals surface area contributed by atoms with Gasteiger partial charge in [0.25, 0.3) is 5.91 Å². The Morgan fingerprint density at radius 1 is 1.12 bits per heavy atom. The van der Waals surface area contributed by atoms with Crippen molar-refractivity contribution in [1.82, 2.24) is 10.2 Å². The van der Waals surface area contributed by atoms with Gasteiger partial charge in [0.15, 0.2) is 0 Å². The first-order valence-corrected chi connectivity index (χ1v) is 8.78. The Morgan fingerprint density at radius 2 is 1.76 bits per heavy atom. The molecular formula is C20H28N2O3. The fourth-order valence-corrected chi connectivity index (χ4v) is 2.67. The van der Waals surface area contributed by atoms with Gasteiger partial charge in [0.2, 0.25) is 5.91 Å². The van der Waals surface area contributed by atoms with Gasteiger partial charge in [-0.1, -0.05) is 39.0 Å². The molecular weight excluding hydrogens is 316 g/mol. The van der Waals surface area contributed by atoms with Crippen molar-refractivity contribution in [2.24, 2.45) is 5.41 Å². The molecule has 0 aromatic heterocycles. The van der Waals surface area contributed by atoms with Crippen molar-refractivity contribution in [3.63, 3.8) is 0 Å². The Bertz CT molecular complexity index is 653. The zero-order valence-corrected chi connectivity index (χ0v) is 15.6. The van der Waals surface area contributed by atoms with E-state index in [9.17, 15) is 9.59 Å². The van der Waals surface area contributed by atoms with Crippen LogP contribution in [0.25, 0.3) is 6.08 Å². The first kappa shape index (κ1) is 19.0. The number of hydrogen-bond donors (Lipinski definition) is 1. The molecule has 0 saturated carbocycles. The van der Waals surface area contributed by atoms with Crippen molar-refractivity contribution in [1.29, 1.82) is 0 Å². The maximum Gasteiger partial charge on any atom is 0.270 e. The summed E-state index contributed by atoms with van der Waals surface area (Å²) < 4.78 is 5.36. The van der Waals surface area contributed by atoms with E-state index in [1.54, 1.807) is 13.2 Å². The van der Waals surface area contributed by atoms with Crippen LogP contribution in [0.2, 0.25) is 0 Å². The summed E-state index contributed by atoms with van der Waals surface area (Å²) in [6, 6.07) is 7.45. The summed E-state index contributed by atoms with van der Waals surface area (Å²) in [6.07, 6.45) is 4.85. The molecule has 1 saturated heterocycles. The molecule has 2 rings (SSSR count). The van der Waals surface area contributed by atoms with Crippen molar-refractivity contribution >= 4 is 17.9 Å². The number of methoxy groups -OCH3 is 1. The number of benzene rings is 1. The van der Waals surface area contributed by atoms with Crippen molar-refractivity contribution in [3.05, 3.63) is 35.5 Å².